The zero-order valence-corrected chi connectivity index (χ0v) is 14.4. The first-order chi connectivity index (χ1) is 10.8. The molecule has 1 aliphatic carbocycles. The van der Waals surface area contributed by atoms with E-state index in [0.29, 0.717) is 25.0 Å². The Morgan fingerprint density at radius 2 is 2.00 bits per heavy atom. The fourth-order valence-electron chi connectivity index (χ4n) is 3.27. The molecule has 1 amide bonds. The van der Waals surface area contributed by atoms with Crippen LogP contribution in [-0.2, 0) is 4.79 Å². The smallest absolute Gasteiger partial charge is 0.227 e. The Balaban J connectivity index is 0.00000192. The largest absolute Gasteiger partial charge is 0.319 e. The molecule has 1 heterocycles. The number of fused-ring (bicyclic) bond motifs is 1. The Morgan fingerprint density at radius 3 is 2.74 bits per heavy atom. The Hall–Kier alpha value is -1.59. The maximum Gasteiger partial charge on any atom is 0.227 e. The second-order valence-electron chi connectivity index (χ2n) is 5.99. The number of carbonyl (C=O) groups is 1. The van der Waals surface area contributed by atoms with Gasteiger partial charge in [-0.2, -0.15) is 0 Å². The molecule has 0 spiro atoms. The molecular formula is C17H25ClN4O. The van der Waals surface area contributed by atoms with E-state index in [1.54, 1.807) is 0 Å². The molecule has 0 unspecified atom stereocenters. The number of hydrogen-bond acceptors (Lipinski definition) is 3. The van der Waals surface area contributed by atoms with Crippen LogP contribution in [0.3, 0.4) is 0 Å². The van der Waals surface area contributed by atoms with Gasteiger partial charge in [-0.25, -0.2) is 4.98 Å². The summed E-state index contributed by atoms with van der Waals surface area (Å²) in [6, 6.07) is 8.59. The van der Waals surface area contributed by atoms with Gasteiger partial charge in [0, 0.05) is 19.0 Å². The van der Waals surface area contributed by atoms with E-state index >= 15 is 0 Å². The molecule has 23 heavy (non-hydrogen) atoms. The van der Waals surface area contributed by atoms with Crippen molar-refractivity contribution in [2.75, 3.05) is 18.9 Å². The lowest BCUT2D eigenvalue weighted by Gasteiger charge is -2.25. The normalized spacial score (nSPS) is 15.3. The van der Waals surface area contributed by atoms with Crippen LogP contribution in [0.1, 0.15) is 44.6 Å². The zero-order chi connectivity index (χ0) is 15.4. The molecule has 5 nitrogen and oxygen atoms in total. The topological polar surface area (TPSA) is 59.0 Å². The molecule has 0 aliphatic heterocycles. The lowest BCUT2D eigenvalue weighted by Crippen LogP contribution is -2.22. The molecule has 1 aromatic carbocycles. The standard InChI is InChI=1S/C17H24N4O.ClH/c1-18-12-11-16(22)20-17-19-14-9-5-6-10-15(14)21(17)13-7-3-2-4-8-13;/h5-6,9-10,13,18H,2-4,7-8,11-12H2,1H3,(H,19,20,22);1H. The molecule has 0 atom stereocenters. The molecule has 1 aromatic heterocycles. The number of hydrogen-bond donors (Lipinski definition) is 2. The number of nitrogens with one attached hydrogen (secondary N) is 2. The van der Waals surface area contributed by atoms with Crippen molar-refractivity contribution in [1.29, 1.82) is 0 Å². The number of aromatic nitrogens is 2. The third kappa shape index (κ3) is 4.03. The fourth-order valence-corrected chi connectivity index (χ4v) is 3.27. The minimum Gasteiger partial charge on any atom is -0.319 e. The van der Waals surface area contributed by atoms with E-state index in [-0.39, 0.29) is 18.3 Å². The summed E-state index contributed by atoms with van der Waals surface area (Å²) < 4.78 is 2.24. The van der Waals surface area contributed by atoms with Gasteiger partial charge in [-0.1, -0.05) is 31.4 Å². The molecule has 1 saturated carbocycles. The van der Waals surface area contributed by atoms with Crippen molar-refractivity contribution in [3.8, 4) is 0 Å². The van der Waals surface area contributed by atoms with Gasteiger partial charge in [0.25, 0.3) is 0 Å². The van der Waals surface area contributed by atoms with Crippen molar-refractivity contribution in [2.24, 2.45) is 0 Å². The number of carbonyl (C=O) groups excluding carboxylic acids is 1. The summed E-state index contributed by atoms with van der Waals surface area (Å²) in [5.74, 6) is 0.718. The highest BCUT2D eigenvalue weighted by Gasteiger charge is 2.22. The van der Waals surface area contributed by atoms with Gasteiger partial charge in [0.15, 0.2) is 0 Å². The van der Waals surface area contributed by atoms with Gasteiger partial charge in [-0.3, -0.25) is 10.1 Å². The summed E-state index contributed by atoms with van der Waals surface area (Å²) in [6.45, 7) is 0.676. The molecule has 0 radical (unpaired) electrons. The van der Waals surface area contributed by atoms with Crippen LogP contribution in [0.5, 0.6) is 0 Å². The number of nitrogens with zero attached hydrogens (tertiary/aromatic N) is 2. The molecule has 3 rings (SSSR count). The van der Waals surface area contributed by atoms with Gasteiger partial charge in [0.2, 0.25) is 11.9 Å². The van der Waals surface area contributed by atoms with Crippen molar-refractivity contribution in [3.63, 3.8) is 0 Å². The Kier molecular flexibility index (Phi) is 6.42. The highest BCUT2D eigenvalue weighted by molar-refractivity contribution is 5.91. The fraction of sp³-hybridized carbons (Fsp3) is 0.529. The van der Waals surface area contributed by atoms with E-state index in [1.165, 1.54) is 32.1 Å². The maximum absolute atomic E-state index is 12.1. The Labute approximate surface area is 143 Å². The first-order valence-electron chi connectivity index (χ1n) is 8.21. The predicted octanol–water partition coefficient (Wildman–Crippen LogP) is 3.51. The van der Waals surface area contributed by atoms with Crippen LogP contribution >= 0.6 is 12.4 Å². The number of imidazole rings is 1. The number of rotatable bonds is 5. The van der Waals surface area contributed by atoms with Crippen molar-refractivity contribution < 1.29 is 4.79 Å². The number of halogens is 1. The third-order valence-electron chi connectivity index (χ3n) is 4.39. The molecule has 2 aromatic rings. The van der Waals surface area contributed by atoms with E-state index in [9.17, 15) is 4.79 Å². The Bertz CT molecular complexity index is 649. The monoisotopic (exact) mass is 336 g/mol. The van der Waals surface area contributed by atoms with E-state index in [1.807, 2.05) is 25.2 Å². The molecule has 1 aliphatic rings. The van der Waals surface area contributed by atoms with Gasteiger partial charge in [-0.15, -0.1) is 12.4 Å². The third-order valence-corrected chi connectivity index (χ3v) is 4.39. The van der Waals surface area contributed by atoms with Crippen LogP contribution in [-0.4, -0.2) is 29.1 Å². The summed E-state index contributed by atoms with van der Waals surface area (Å²) in [5.41, 5.74) is 2.08. The van der Waals surface area contributed by atoms with Crippen molar-refractivity contribution in [2.45, 2.75) is 44.6 Å². The van der Waals surface area contributed by atoms with Crippen LogP contribution in [0, 0.1) is 0 Å². The summed E-state index contributed by atoms with van der Waals surface area (Å²) in [7, 11) is 1.85. The SMILES string of the molecule is CNCCC(=O)Nc1nc2ccccc2n1C1CCCCC1.Cl. The van der Waals surface area contributed by atoms with E-state index in [0.717, 1.165) is 11.0 Å². The van der Waals surface area contributed by atoms with Gasteiger partial charge < -0.3 is 9.88 Å². The minimum atomic E-state index is 0. The average molecular weight is 337 g/mol. The molecule has 0 saturated heterocycles. The zero-order valence-electron chi connectivity index (χ0n) is 13.5. The Morgan fingerprint density at radius 1 is 1.26 bits per heavy atom. The van der Waals surface area contributed by atoms with E-state index in [4.69, 9.17) is 0 Å². The van der Waals surface area contributed by atoms with Gasteiger partial charge in [0.1, 0.15) is 0 Å². The quantitative estimate of drug-likeness (QED) is 0.878. The van der Waals surface area contributed by atoms with Crippen molar-refractivity contribution in [1.82, 2.24) is 14.9 Å². The van der Waals surface area contributed by atoms with Crippen LogP contribution in [0.15, 0.2) is 24.3 Å². The average Bonchev–Trinajstić information content (AvgIpc) is 2.91. The summed E-state index contributed by atoms with van der Waals surface area (Å²) >= 11 is 0. The molecule has 2 N–H and O–H groups in total. The number of benzene rings is 1. The number of amides is 1. The predicted molar refractivity (Wildman–Crippen MR) is 96.3 cm³/mol. The maximum atomic E-state index is 12.1. The molecule has 0 bridgehead atoms. The summed E-state index contributed by atoms with van der Waals surface area (Å²) in [5, 5.41) is 6.01. The highest BCUT2D eigenvalue weighted by Crippen LogP contribution is 2.34. The lowest BCUT2D eigenvalue weighted by molar-refractivity contribution is -0.116. The van der Waals surface area contributed by atoms with Gasteiger partial charge in [0.05, 0.1) is 11.0 Å². The first-order valence-corrected chi connectivity index (χ1v) is 8.21. The first kappa shape index (κ1) is 17.8. The van der Waals surface area contributed by atoms with Gasteiger partial charge in [-0.05, 0) is 32.0 Å². The second-order valence-corrected chi connectivity index (χ2v) is 5.99. The molecule has 1 fully saturated rings. The van der Waals surface area contributed by atoms with Crippen molar-refractivity contribution in [3.05, 3.63) is 24.3 Å². The number of anilines is 1. The number of para-hydroxylation sites is 2. The summed E-state index contributed by atoms with van der Waals surface area (Å²) in [6.07, 6.45) is 6.62. The van der Waals surface area contributed by atoms with Gasteiger partial charge >= 0.3 is 0 Å². The van der Waals surface area contributed by atoms with Crippen LogP contribution in [0.25, 0.3) is 11.0 Å². The summed E-state index contributed by atoms with van der Waals surface area (Å²) in [4.78, 5) is 16.7. The molecule has 126 valence electrons. The molecule has 6 heteroatoms. The van der Waals surface area contributed by atoms with Crippen LogP contribution in [0.4, 0.5) is 5.95 Å². The minimum absolute atomic E-state index is 0. The lowest BCUT2D eigenvalue weighted by atomic mass is 9.95. The van der Waals surface area contributed by atoms with E-state index in [2.05, 4.69) is 26.3 Å². The van der Waals surface area contributed by atoms with Crippen LogP contribution in [0.2, 0.25) is 0 Å². The molecular weight excluding hydrogens is 312 g/mol. The highest BCUT2D eigenvalue weighted by atomic mass is 35.5. The van der Waals surface area contributed by atoms with Crippen LogP contribution < -0.4 is 10.6 Å². The van der Waals surface area contributed by atoms with Crippen molar-refractivity contribution >= 4 is 35.3 Å². The second kappa shape index (κ2) is 8.31. The van der Waals surface area contributed by atoms with E-state index < -0.39 is 0 Å².